The molecule has 0 saturated heterocycles. The predicted molar refractivity (Wildman–Crippen MR) is 76.5 cm³/mol. The van der Waals surface area contributed by atoms with Gasteiger partial charge in [-0.2, -0.15) is 0 Å². The Hall–Kier alpha value is -0.910. The fourth-order valence-electron chi connectivity index (χ4n) is 2.34. The van der Waals surface area contributed by atoms with Crippen LogP contribution in [0.2, 0.25) is 0 Å². The van der Waals surface area contributed by atoms with Gasteiger partial charge in [0.15, 0.2) is 0 Å². The van der Waals surface area contributed by atoms with Gasteiger partial charge in [0.05, 0.1) is 4.90 Å². The molecule has 0 aliphatic heterocycles. The molecular formula is C14H22N2O2S. The standard InChI is InChI=1S/C14H22N2O2S/c1-14(2,10-15)16-19(17,18)13-8-7-11-5-3-4-6-12(11)9-13/h7-9,16H,3-6,10,15H2,1-2H3. The van der Waals surface area contributed by atoms with Gasteiger partial charge in [-0.25, -0.2) is 13.1 Å². The molecule has 0 amide bonds. The van der Waals surface area contributed by atoms with Crippen LogP contribution in [0.1, 0.15) is 37.8 Å². The Morgan fingerprint density at radius 3 is 2.47 bits per heavy atom. The molecule has 106 valence electrons. The lowest BCUT2D eigenvalue weighted by Gasteiger charge is -2.24. The molecule has 0 bridgehead atoms. The van der Waals surface area contributed by atoms with Gasteiger partial charge in [0, 0.05) is 12.1 Å². The SMILES string of the molecule is CC(C)(CN)NS(=O)(=O)c1ccc2c(c1)CCCC2. The molecule has 1 aliphatic rings. The topological polar surface area (TPSA) is 72.2 Å². The number of nitrogens with one attached hydrogen (secondary N) is 1. The first-order valence-corrected chi connectivity index (χ1v) is 8.18. The summed E-state index contributed by atoms with van der Waals surface area (Å²) in [5.74, 6) is 0. The van der Waals surface area contributed by atoms with Gasteiger partial charge < -0.3 is 5.73 Å². The van der Waals surface area contributed by atoms with Crippen LogP contribution in [0.25, 0.3) is 0 Å². The van der Waals surface area contributed by atoms with Crippen LogP contribution in [0.4, 0.5) is 0 Å². The number of aryl methyl sites for hydroxylation is 2. The minimum absolute atomic E-state index is 0.261. The van der Waals surface area contributed by atoms with Crippen molar-refractivity contribution in [2.24, 2.45) is 5.73 Å². The van der Waals surface area contributed by atoms with Gasteiger partial charge in [0.2, 0.25) is 10.0 Å². The molecule has 0 atom stereocenters. The zero-order valence-corrected chi connectivity index (χ0v) is 12.4. The number of fused-ring (bicyclic) bond motifs is 1. The second-order valence-electron chi connectivity index (χ2n) is 5.83. The Balaban J connectivity index is 2.31. The molecule has 1 aliphatic carbocycles. The van der Waals surface area contributed by atoms with Gasteiger partial charge in [0.1, 0.15) is 0 Å². The van der Waals surface area contributed by atoms with Crippen molar-refractivity contribution in [3.8, 4) is 0 Å². The molecule has 0 unspecified atom stereocenters. The zero-order valence-electron chi connectivity index (χ0n) is 11.6. The maximum absolute atomic E-state index is 12.3. The van der Waals surface area contributed by atoms with Crippen LogP contribution >= 0.6 is 0 Å². The summed E-state index contributed by atoms with van der Waals surface area (Å²) in [4.78, 5) is 0.342. The molecule has 4 nitrogen and oxygen atoms in total. The summed E-state index contributed by atoms with van der Waals surface area (Å²) in [6, 6.07) is 5.45. The molecule has 5 heteroatoms. The van der Waals surface area contributed by atoms with E-state index in [9.17, 15) is 8.42 Å². The van der Waals surface area contributed by atoms with Crippen LogP contribution in [0.3, 0.4) is 0 Å². The highest BCUT2D eigenvalue weighted by Gasteiger charge is 2.25. The fourth-order valence-corrected chi connectivity index (χ4v) is 3.81. The molecule has 0 fully saturated rings. The van der Waals surface area contributed by atoms with Gasteiger partial charge >= 0.3 is 0 Å². The Kier molecular flexibility index (Phi) is 3.99. The summed E-state index contributed by atoms with van der Waals surface area (Å²) in [6.45, 7) is 3.82. The summed E-state index contributed by atoms with van der Waals surface area (Å²) < 4.78 is 27.3. The second kappa shape index (κ2) is 5.23. The summed E-state index contributed by atoms with van der Waals surface area (Å²) in [5.41, 5.74) is 7.39. The molecular weight excluding hydrogens is 260 g/mol. The highest BCUT2D eigenvalue weighted by atomic mass is 32.2. The molecule has 19 heavy (non-hydrogen) atoms. The number of nitrogens with two attached hydrogens (primary N) is 1. The van der Waals surface area contributed by atoms with Crippen molar-refractivity contribution in [1.82, 2.24) is 4.72 Å². The van der Waals surface area contributed by atoms with E-state index in [-0.39, 0.29) is 6.54 Å². The van der Waals surface area contributed by atoms with E-state index in [0.29, 0.717) is 4.90 Å². The van der Waals surface area contributed by atoms with Crippen molar-refractivity contribution in [1.29, 1.82) is 0 Å². The maximum Gasteiger partial charge on any atom is 0.241 e. The third kappa shape index (κ3) is 3.35. The smallest absolute Gasteiger partial charge is 0.241 e. The van der Waals surface area contributed by atoms with E-state index in [4.69, 9.17) is 5.73 Å². The first-order chi connectivity index (χ1) is 8.84. The Morgan fingerprint density at radius 1 is 1.21 bits per heavy atom. The molecule has 0 heterocycles. The van der Waals surface area contributed by atoms with Crippen molar-refractivity contribution in [3.05, 3.63) is 29.3 Å². The van der Waals surface area contributed by atoms with Crippen LogP contribution in [0, 0.1) is 0 Å². The predicted octanol–water partition coefficient (Wildman–Crippen LogP) is 1.58. The van der Waals surface area contributed by atoms with Crippen LogP contribution in [-0.4, -0.2) is 20.5 Å². The second-order valence-corrected chi connectivity index (χ2v) is 7.51. The molecule has 0 saturated carbocycles. The van der Waals surface area contributed by atoms with Crippen LogP contribution in [0.5, 0.6) is 0 Å². The van der Waals surface area contributed by atoms with E-state index in [1.165, 1.54) is 17.5 Å². The Bertz CT molecular complexity index is 565. The van der Waals surface area contributed by atoms with E-state index in [2.05, 4.69) is 4.72 Å². The number of benzene rings is 1. The van der Waals surface area contributed by atoms with Crippen molar-refractivity contribution in [3.63, 3.8) is 0 Å². The lowest BCUT2D eigenvalue weighted by Crippen LogP contribution is -2.48. The molecule has 0 radical (unpaired) electrons. The summed E-state index contributed by atoms with van der Waals surface area (Å²) in [6.07, 6.45) is 4.35. The maximum atomic E-state index is 12.3. The van der Waals surface area contributed by atoms with Crippen LogP contribution < -0.4 is 10.5 Å². The largest absolute Gasteiger partial charge is 0.329 e. The van der Waals surface area contributed by atoms with Crippen molar-refractivity contribution in [2.75, 3.05) is 6.54 Å². The average Bonchev–Trinajstić information content (AvgIpc) is 2.37. The number of rotatable bonds is 4. The van der Waals surface area contributed by atoms with Crippen molar-refractivity contribution >= 4 is 10.0 Å². The molecule has 1 aromatic carbocycles. The fraction of sp³-hybridized carbons (Fsp3) is 0.571. The average molecular weight is 282 g/mol. The summed E-state index contributed by atoms with van der Waals surface area (Å²) in [5, 5.41) is 0. The lowest BCUT2D eigenvalue weighted by molar-refractivity contribution is 0.462. The van der Waals surface area contributed by atoms with Gasteiger partial charge in [-0.3, -0.25) is 0 Å². The number of hydrogen-bond donors (Lipinski definition) is 2. The van der Waals surface area contributed by atoms with E-state index in [1.807, 2.05) is 12.1 Å². The quantitative estimate of drug-likeness (QED) is 0.880. The minimum Gasteiger partial charge on any atom is -0.329 e. The highest BCUT2D eigenvalue weighted by Crippen LogP contribution is 2.24. The molecule has 2 rings (SSSR count). The van der Waals surface area contributed by atoms with Crippen molar-refractivity contribution in [2.45, 2.75) is 50.0 Å². The first kappa shape index (κ1) is 14.5. The van der Waals surface area contributed by atoms with E-state index in [1.54, 1.807) is 19.9 Å². The number of sulfonamides is 1. The summed E-state index contributed by atoms with van der Waals surface area (Å²) >= 11 is 0. The number of hydrogen-bond acceptors (Lipinski definition) is 3. The highest BCUT2D eigenvalue weighted by molar-refractivity contribution is 7.89. The normalized spacial score (nSPS) is 16.2. The molecule has 0 spiro atoms. The van der Waals surface area contributed by atoms with E-state index >= 15 is 0 Å². The van der Waals surface area contributed by atoms with Gasteiger partial charge in [-0.15, -0.1) is 0 Å². The Morgan fingerprint density at radius 2 is 1.84 bits per heavy atom. The Labute approximate surface area is 115 Å². The lowest BCUT2D eigenvalue weighted by atomic mass is 9.92. The van der Waals surface area contributed by atoms with Crippen LogP contribution in [0.15, 0.2) is 23.1 Å². The monoisotopic (exact) mass is 282 g/mol. The summed E-state index contributed by atoms with van der Waals surface area (Å²) in [7, 11) is -3.49. The van der Waals surface area contributed by atoms with Gasteiger partial charge in [-0.1, -0.05) is 6.07 Å². The zero-order chi connectivity index (χ0) is 14.1. The van der Waals surface area contributed by atoms with E-state index in [0.717, 1.165) is 19.3 Å². The molecule has 3 N–H and O–H groups in total. The first-order valence-electron chi connectivity index (χ1n) is 6.70. The molecule has 0 aromatic heterocycles. The third-order valence-electron chi connectivity index (χ3n) is 3.55. The van der Waals surface area contributed by atoms with E-state index < -0.39 is 15.6 Å². The third-order valence-corrected chi connectivity index (χ3v) is 5.25. The van der Waals surface area contributed by atoms with Crippen LogP contribution in [-0.2, 0) is 22.9 Å². The van der Waals surface area contributed by atoms with Gasteiger partial charge in [0.25, 0.3) is 0 Å². The molecule has 1 aromatic rings. The van der Waals surface area contributed by atoms with Crippen molar-refractivity contribution < 1.29 is 8.42 Å². The van der Waals surface area contributed by atoms with Gasteiger partial charge in [-0.05, 0) is 62.8 Å². The minimum atomic E-state index is -3.49.